The van der Waals surface area contributed by atoms with Crippen LogP contribution in [0.25, 0.3) is 0 Å². The summed E-state index contributed by atoms with van der Waals surface area (Å²) in [5, 5.41) is 9.37. The molecule has 0 saturated carbocycles. The molecule has 8 heteroatoms. The topological polar surface area (TPSA) is 96.4 Å². The van der Waals surface area contributed by atoms with E-state index in [4.69, 9.17) is 9.47 Å². The van der Waals surface area contributed by atoms with Gasteiger partial charge in [-0.3, -0.25) is 9.59 Å². The Morgan fingerprint density at radius 2 is 0.902 bits per heavy atom. The molecule has 8 nitrogen and oxygen atoms in total. The number of rotatable bonds is 45. The van der Waals surface area contributed by atoms with Crippen LogP contribution in [0.3, 0.4) is 0 Å². The zero-order valence-electron chi connectivity index (χ0n) is 41.0. The van der Waals surface area contributed by atoms with E-state index in [-0.39, 0.29) is 36.3 Å². The van der Waals surface area contributed by atoms with E-state index in [0.29, 0.717) is 19.8 Å². The van der Waals surface area contributed by atoms with Crippen molar-refractivity contribution in [3.63, 3.8) is 0 Å². The number of ether oxygens (including phenoxy) is 2. The molecule has 0 aliphatic carbocycles. The number of nitrogens with zero attached hydrogens (tertiary/aromatic N) is 2. The monoisotopic (exact) mass is 863 g/mol. The number of unbranched alkanes of at least 4 members (excludes halogenated alkanes) is 23. The molecule has 0 bridgehead atoms. The van der Waals surface area contributed by atoms with Crippen molar-refractivity contribution in [3.05, 3.63) is 0 Å². The highest BCUT2D eigenvalue weighted by Gasteiger charge is 2.37. The van der Waals surface area contributed by atoms with Crippen LogP contribution in [0, 0.1) is 11.8 Å². The molecule has 3 atom stereocenters. The first-order valence-electron chi connectivity index (χ1n) is 26.9. The number of carbonyl (C=O) groups is 3. The van der Waals surface area contributed by atoms with E-state index < -0.39 is 6.04 Å². The largest absolute Gasteiger partial charge is 0.465 e. The summed E-state index contributed by atoms with van der Waals surface area (Å²) in [6.45, 7) is 14.0. The van der Waals surface area contributed by atoms with Gasteiger partial charge in [-0.1, -0.05) is 182 Å². The van der Waals surface area contributed by atoms with Gasteiger partial charge < -0.3 is 24.4 Å². The summed E-state index contributed by atoms with van der Waals surface area (Å²) < 4.78 is 11.6. The molecule has 0 spiro atoms. The Labute approximate surface area is 378 Å². The average Bonchev–Trinajstić information content (AvgIpc) is 3.76. The molecule has 2 unspecified atom stereocenters. The third-order valence-corrected chi connectivity index (χ3v) is 13.2. The lowest BCUT2D eigenvalue weighted by Crippen LogP contribution is -2.44. The fraction of sp³-hybridized carbons (Fsp3) is 0.943. The number of aliphatic hydroxyl groups excluding tert-OH is 1. The van der Waals surface area contributed by atoms with Crippen molar-refractivity contribution in [3.8, 4) is 0 Å². The predicted octanol–water partition coefficient (Wildman–Crippen LogP) is 13.9. The van der Waals surface area contributed by atoms with E-state index in [1.54, 1.807) is 0 Å². The maximum Gasteiger partial charge on any atom is 0.328 e. The lowest BCUT2D eigenvalue weighted by Gasteiger charge is -2.28. The van der Waals surface area contributed by atoms with Crippen molar-refractivity contribution in [2.45, 2.75) is 265 Å². The van der Waals surface area contributed by atoms with E-state index in [9.17, 15) is 19.5 Å². The normalized spacial score (nSPS) is 15.1. The predicted molar refractivity (Wildman–Crippen MR) is 257 cm³/mol. The molecule has 61 heavy (non-hydrogen) atoms. The molecule has 1 aliphatic rings. The smallest absolute Gasteiger partial charge is 0.328 e. The van der Waals surface area contributed by atoms with E-state index in [0.717, 1.165) is 148 Å². The molecule has 0 radical (unpaired) electrons. The Morgan fingerprint density at radius 3 is 1.39 bits per heavy atom. The summed E-state index contributed by atoms with van der Waals surface area (Å²) in [7, 11) is 0. The van der Waals surface area contributed by atoms with Crippen LogP contribution in [0.5, 0.6) is 0 Å². The van der Waals surface area contributed by atoms with Crippen molar-refractivity contribution < 1.29 is 29.0 Å². The number of hydrogen-bond acceptors (Lipinski definition) is 7. The molecular weight excluding hydrogens is 761 g/mol. The van der Waals surface area contributed by atoms with E-state index in [1.807, 2.05) is 4.90 Å². The van der Waals surface area contributed by atoms with Crippen LogP contribution >= 0.6 is 0 Å². The van der Waals surface area contributed by atoms with Gasteiger partial charge in [0.05, 0.1) is 19.1 Å². The van der Waals surface area contributed by atoms with Crippen LogP contribution < -0.4 is 0 Å². The molecule has 1 N–H and O–H groups in total. The summed E-state index contributed by atoms with van der Waals surface area (Å²) in [4.78, 5) is 44.5. The van der Waals surface area contributed by atoms with Crippen molar-refractivity contribution >= 4 is 17.8 Å². The van der Waals surface area contributed by atoms with Gasteiger partial charge in [-0.15, -0.1) is 0 Å². The highest BCUT2D eigenvalue weighted by atomic mass is 16.5. The molecule has 360 valence electrons. The number of likely N-dealkylation sites (tertiary alicyclic amines) is 1. The van der Waals surface area contributed by atoms with Crippen molar-refractivity contribution in [1.29, 1.82) is 0 Å². The number of amides is 1. The summed E-state index contributed by atoms with van der Waals surface area (Å²) >= 11 is 0. The van der Waals surface area contributed by atoms with Gasteiger partial charge in [0.15, 0.2) is 0 Å². The molecule has 1 fully saturated rings. The highest BCUT2D eigenvalue weighted by Crippen LogP contribution is 2.27. The Morgan fingerprint density at radius 1 is 0.508 bits per heavy atom. The Balaban J connectivity index is 2.38. The summed E-state index contributed by atoms with van der Waals surface area (Å²) in [6, 6.07) is -0.408. The minimum atomic E-state index is -0.408. The van der Waals surface area contributed by atoms with Gasteiger partial charge in [-0.05, 0) is 96.7 Å². The lowest BCUT2D eigenvalue weighted by atomic mass is 9.92. The average molecular weight is 863 g/mol. The number of aliphatic hydroxyl groups is 1. The lowest BCUT2D eigenvalue weighted by molar-refractivity contribution is -0.155. The quantitative estimate of drug-likeness (QED) is 0.0481. The number of esters is 2. The molecular formula is C53H102N2O6. The second kappa shape index (κ2) is 42.3. The maximum atomic E-state index is 13.8. The fourth-order valence-electron chi connectivity index (χ4n) is 9.18. The third-order valence-electron chi connectivity index (χ3n) is 13.2. The van der Waals surface area contributed by atoms with E-state index >= 15 is 0 Å². The van der Waals surface area contributed by atoms with Crippen LogP contribution in [0.2, 0.25) is 0 Å². The molecule has 0 aromatic heterocycles. The van der Waals surface area contributed by atoms with Crippen LogP contribution in [0.15, 0.2) is 0 Å². The van der Waals surface area contributed by atoms with Gasteiger partial charge in [0, 0.05) is 19.1 Å². The van der Waals surface area contributed by atoms with Gasteiger partial charge in [-0.2, -0.15) is 0 Å². The highest BCUT2D eigenvalue weighted by molar-refractivity contribution is 5.86. The Kier molecular flexibility index (Phi) is 39.8. The molecule has 1 rings (SSSR count). The zero-order valence-corrected chi connectivity index (χ0v) is 41.0. The van der Waals surface area contributed by atoms with Gasteiger partial charge >= 0.3 is 11.9 Å². The molecule has 0 aromatic carbocycles. The molecule has 1 heterocycles. The first-order chi connectivity index (χ1) is 29.9. The number of carbonyl (C=O) groups excluding carboxylic acids is 3. The molecule has 1 amide bonds. The van der Waals surface area contributed by atoms with Gasteiger partial charge in [-0.25, -0.2) is 4.79 Å². The first kappa shape index (κ1) is 57.3. The minimum Gasteiger partial charge on any atom is -0.465 e. The Bertz CT molecular complexity index is 1010. The number of hydrogen-bond donors (Lipinski definition) is 1. The minimum absolute atomic E-state index is 0.0402. The zero-order chi connectivity index (χ0) is 44.4. The van der Waals surface area contributed by atoms with Crippen LogP contribution in [0.4, 0.5) is 0 Å². The standard InChI is InChI=1S/C53H102N2O6/c1-5-9-13-17-19-27-37-48(36-25-15-11-7-3)51(57)55-44-35-40-50(55)53(59)61-47-34-24-22-30-42-54(43-31-32-45-56)41-29-21-23-33-46-60-52(58)49(38-26-16-12-8-4)39-28-20-18-14-10-6-2/h48-50,56H,5-47H2,1-4H3/t48?,49?,50-/m0/s1. The van der Waals surface area contributed by atoms with E-state index in [2.05, 4.69) is 32.6 Å². The summed E-state index contributed by atoms with van der Waals surface area (Å²) in [5.41, 5.74) is 0. The van der Waals surface area contributed by atoms with Gasteiger partial charge in [0.25, 0.3) is 0 Å². The first-order valence-corrected chi connectivity index (χ1v) is 26.9. The van der Waals surface area contributed by atoms with Gasteiger partial charge in [0.1, 0.15) is 6.04 Å². The Hall–Kier alpha value is -1.67. The third kappa shape index (κ3) is 31.0. The van der Waals surface area contributed by atoms with Crippen LogP contribution in [0.1, 0.15) is 259 Å². The van der Waals surface area contributed by atoms with E-state index in [1.165, 1.54) is 103 Å². The second-order valence-electron chi connectivity index (χ2n) is 18.8. The summed E-state index contributed by atoms with van der Waals surface area (Å²) in [6.07, 6.45) is 40.2. The molecule has 1 saturated heterocycles. The maximum absolute atomic E-state index is 13.8. The second-order valence-corrected chi connectivity index (χ2v) is 18.8. The molecule has 0 aromatic rings. The van der Waals surface area contributed by atoms with Gasteiger partial charge in [0.2, 0.25) is 5.91 Å². The summed E-state index contributed by atoms with van der Waals surface area (Å²) in [5.74, 6) is 0.158. The molecule has 1 aliphatic heterocycles. The van der Waals surface area contributed by atoms with Crippen LogP contribution in [-0.4, -0.2) is 84.8 Å². The SMILES string of the molecule is CCCCCCCCC(CCCCCC)C(=O)OCCCCCCN(CCCCO)CCCCCCOC(=O)[C@@H]1CCCN1C(=O)C(CCCCCC)CCCCCCCC. The van der Waals surface area contributed by atoms with Crippen molar-refractivity contribution in [2.75, 3.05) is 46.0 Å². The fourth-order valence-corrected chi connectivity index (χ4v) is 9.18. The van der Waals surface area contributed by atoms with Crippen molar-refractivity contribution in [2.24, 2.45) is 11.8 Å². The van der Waals surface area contributed by atoms with Crippen molar-refractivity contribution in [1.82, 2.24) is 9.80 Å². The van der Waals surface area contributed by atoms with Crippen LogP contribution in [-0.2, 0) is 23.9 Å².